The monoisotopic (exact) mass is 430 g/mol. The lowest BCUT2D eigenvalue weighted by molar-refractivity contribution is -0.123. The van der Waals surface area contributed by atoms with Crippen molar-refractivity contribution in [2.24, 2.45) is 0 Å². The van der Waals surface area contributed by atoms with Crippen LogP contribution in [-0.2, 0) is 4.79 Å². The maximum Gasteiger partial charge on any atom is 0.280 e. The van der Waals surface area contributed by atoms with Gasteiger partial charge in [0.05, 0.1) is 0 Å². The van der Waals surface area contributed by atoms with E-state index >= 15 is 0 Å². The first kappa shape index (κ1) is 21.5. The Morgan fingerprint density at radius 3 is 2.07 bits per heavy atom. The van der Waals surface area contributed by atoms with Crippen LogP contribution in [0.3, 0.4) is 0 Å². The average molecular weight is 430 g/mol. The van der Waals surface area contributed by atoms with E-state index in [-0.39, 0.29) is 11.4 Å². The Labute approximate surface area is 176 Å². The summed E-state index contributed by atoms with van der Waals surface area (Å²) in [6.07, 6.45) is 0. The van der Waals surface area contributed by atoms with Gasteiger partial charge >= 0.3 is 0 Å². The number of rotatable bonds is 5. The van der Waals surface area contributed by atoms with Crippen molar-refractivity contribution in [2.75, 3.05) is 4.90 Å². The molecule has 1 N–H and O–H groups in total. The summed E-state index contributed by atoms with van der Waals surface area (Å²) in [6, 6.07) is 9.33. The Morgan fingerprint density at radius 2 is 1.57 bits per heavy atom. The number of anilines is 1. The van der Waals surface area contributed by atoms with Gasteiger partial charge in [-0.25, -0.2) is 8.78 Å². The number of hydrogen-bond donors (Lipinski definition) is 1. The molecule has 3 aromatic rings. The molecule has 9 heteroatoms. The van der Waals surface area contributed by atoms with E-state index in [1.807, 2.05) is 0 Å². The average Bonchev–Trinajstić information content (AvgIpc) is 3.21. The third kappa shape index (κ3) is 5.04. The second-order valence-corrected chi connectivity index (χ2v) is 8.24. The number of carbonyl (C=O) groups excluding carboxylic acids is 2. The Kier molecular flexibility index (Phi) is 6.21. The lowest BCUT2D eigenvalue weighted by atomic mass is 10.0. The maximum atomic E-state index is 13.5. The first-order chi connectivity index (χ1) is 14.2. The normalized spacial score (nSPS) is 12.3. The van der Waals surface area contributed by atoms with Crippen molar-refractivity contribution in [2.45, 2.75) is 32.4 Å². The van der Waals surface area contributed by atoms with Gasteiger partial charge in [0.1, 0.15) is 17.7 Å². The molecule has 1 aromatic heterocycles. The van der Waals surface area contributed by atoms with E-state index in [9.17, 15) is 18.4 Å². The zero-order valence-electron chi connectivity index (χ0n) is 16.6. The number of halogens is 2. The van der Waals surface area contributed by atoms with E-state index in [1.165, 1.54) is 58.8 Å². The van der Waals surface area contributed by atoms with Crippen LogP contribution in [0.1, 0.15) is 42.9 Å². The molecule has 2 aromatic carbocycles. The number of nitrogens with zero attached hydrogens (tertiary/aromatic N) is 3. The van der Waals surface area contributed by atoms with Gasteiger partial charge < -0.3 is 5.32 Å². The van der Waals surface area contributed by atoms with E-state index in [4.69, 9.17) is 0 Å². The fourth-order valence-electron chi connectivity index (χ4n) is 2.87. The molecule has 0 bridgehead atoms. The van der Waals surface area contributed by atoms with Crippen LogP contribution in [0.2, 0.25) is 0 Å². The summed E-state index contributed by atoms with van der Waals surface area (Å²) in [5.41, 5.74) is 0.126. The van der Waals surface area contributed by atoms with Crippen molar-refractivity contribution in [3.63, 3.8) is 0 Å². The Bertz CT molecular complexity index is 1020. The summed E-state index contributed by atoms with van der Waals surface area (Å²) in [5.74, 6) is -2.03. The summed E-state index contributed by atoms with van der Waals surface area (Å²) >= 11 is 0.992. The molecule has 0 spiro atoms. The van der Waals surface area contributed by atoms with Crippen LogP contribution in [0.15, 0.2) is 53.9 Å². The van der Waals surface area contributed by atoms with Gasteiger partial charge in [-0.1, -0.05) is 16.6 Å². The first-order valence-corrected chi connectivity index (χ1v) is 9.93. The molecule has 0 unspecified atom stereocenters. The Balaban J connectivity index is 2.16. The molecule has 0 aliphatic heterocycles. The van der Waals surface area contributed by atoms with Crippen LogP contribution >= 0.6 is 11.5 Å². The quantitative estimate of drug-likeness (QED) is 0.661. The second-order valence-electron chi connectivity index (χ2n) is 7.64. The van der Waals surface area contributed by atoms with Crippen LogP contribution in [0.25, 0.3) is 0 Å². The molecule has 0 saturated heterocycles. The molecule has 3 rings (SSSR count). The fraction of sp³-hybridized carbons (Fsp3) is 0.238. The zero-order chi connectivity index (χ0) is 21.9. The van der Waals surface area contributed by atoms with E-state index in [0.717, 1.165) is 11.5 Å². The summed E-state index contributed by atoms with van der Waals surface area (Å²) in [5, 5.41) is 8.14. The molecule has 30 heavy (non-hydrogen) atoms. The third-order valence-corrected chi connectivity index (χ3v) is 4.60. The number of amides is 2. The lowest BCUT2D eigenvalue weighted by Gasteiger charge is -2.33. The number of nitrogens with one attached hydrogen (secondary N) is 1. The molecule has 1 atom stereocenters. The molecular weight excluding hydrogens is 410 g/mol. The van der Waals surface area contributed by atoms with Gasteiger partial charge in [-0.05, 0) is 74.3 Å². The summed E-state index contributed by atoms with van der Waals surface area (Å²) in [7, 11) is 0. The number of hydrogen-bond acceptors (Lipinski definition) is 5. The molecule has 0 fully saturated rings. The summed E-state index contributed by atoms with van der Waals surface area (Å²) in [4.78, 5) is 27.8. The Morgan fingerprint density at radius 1 is 1.00 bits per heavy atom. The summed E-state index contributed by atoms with van der Waals surface area (Å²) < 4.78 is 30.8. The minimum atomic E-state index is -1.15. The van der Waals surface area contributed by atoms with Gasteiger partial charge in [0.25, 0.3) is 5.91 Å². The Hall–Kier alpha value is -3.20. The molecule has 2 amide bonds. The van der Waals surface area contributed by atoms with E-state index in [1.54, 1.807) is 20.8 Å². The van der Waals surface area contributed by atoms with Crippen molar-refractivity contribution >= 4 is 29.0 Å². The molecule has 156 valence electrons. The van der Waals surface area contributed by atoms with Crippen molar-refractivity contribution in [3.8, 4) is 0 Å². The van der Waals surface area contributed by atoms with Gasteiger partial charge in [-0.15, -0.1) is 5.10 Å². The predicted octanol–water partition coefficient (Wildman–Crippen LogP) is 4.12. The van der Waals surface area contributed by atoms with Crippen LogP contribution < -0.4 is 10.2 Å². The number of aromatic nitrogens is 2. The van der Waals surface area contributed by atoms with E-state index in [0.29, 0.717) is 5.56 Å². The van der Waals surface area contributed by atoms with Gasteiger partial charge in [0.15, 0.2) is 5.69 Å². The number of carbonyl (C=O) groups is 2. The van der Waals surface area contributed by atoms with Gasteiger partial charge in [-0.3, -0.25) is 14.5 Å². The molecule has 0 saturated carbocycles. The lowest BCUT2D eigenvalue weighted by Crippen LogP contribution is -2.49. The van der Waals surface area contributed by atoms with Gasteiger partial charge in [-0.2, -0.15) is 0 Å². The fourth-order valence-corrected chi connectivity index (χ4v) is 3.30. The van der Waals surface area contributed by atoms with Crippen molar-refractivity contribution < 1.29 is 18.4 Å². The standard InChI is InChI=1S/C21H20F2N4O2S/c1-21(2,3)24-19(28)18(13-4-6-14(22)7-5-13)27(16-10-8-15(23)9-11-16)20(29)17-12-30-26-25-17/h4-12,18H,1-3H3,(H,24,28)/t18-/m1/s1. The first-order valence-electron chi connectivity index (χ1n) is 9.09. The van der Waals surface area contributed by atoms with Crippen LogP contribution in [-0.4, -0.2) is 26.9 Å². The highest BCUT2D eigenvalue weighted by Gasteiger charge is 2.35. The highest BCUT2D eigenvalue weighted by molar-refractivity contribution is 7.03. The van der Waals surface area contributed by atoms with Crippen LogP contribution in [0.4, 0.5) is 14.5 Å². The SMILES string of the molecule is CC(C)(C)NC(=O)[C@@H](c1ccc(F)cc1)N(C(=O)c1csnn1)c1ccc(F)cc1. The highest BCUT2D eigenvalue weighted by atomic mass is 32.1. The van der Waals surface area contributed by atoms with Crippen molar-refractivity contribution in [1.82, 2.24) is 14.9 Å². The third-order valence-electron chi connectivity index (χ3n) is 4.09. The van der Waals surface area contributed by atoms with Crippen LogP contribution in [0, 0.1) is 11.6 Å². The molecule has 6 nitrogen and oxygen atoms in total. The van der Waals surface area contributed by atoms with E-state index < -0.39 is 35.0 Å². The second kappa shape index (κ2) is 8.66. The highest BCUT2D eigenvalue weighted by Crippen LogP contribution is 2.30. The topological polar surface area (TPSA) is 75.2 Å². The smallest absolute Gasteiger partial charge is 0.280 e. The molecule has 1 heterocycles. The minimum absolute atomic E-state index is 0.0417. The molecule has 0 radical (unpaired) electrons. The molecule has 0 aliphatic carbocycles. The number of benzene rings is 2. The summed E-state index contributed by atoms with van der Waals surface area (Å²) in [6.45, 7) is 5.42. The molecular formula is C21H20F2N4O2S. The van der Waals surface area contributed by atoms with Crippen molar-refractivity contribution in [1.29, 1.82) is 0 Å². The predicted molar refractivity (Wildman–Crippen MR) is 110 cm³/mol. The molecule has 0 aliphatic rings. The van der Waals surface area contributed by atoms with Gasteiger partial charge in [0.2, 0.25) is 5.91 Å². The maximum absolute atomic E-state index is 13.5. The van der Waals surface area contributed by atoms with Gasteiger partial charge in [0, 0.05) is 16.6 Å². The zero-order valence-corrected chi connectivity index (χ0v) is 17.4. The largest absolute Gasteiger partial charge is 0.349 e. The van der Waals surface area contributed by atoms with E-state index in [2.05, 4.69) is 14.9 Å². The van der Waals surface area contributed by atoms with Crippen molar-refractivity contribution in [3.05, 3.63) is 76.8 Å². The van der Waals surface area contributed by atoms with Crippen LogP contribution in [0.5, 0.6) is 0 Å². The minimum Gasteiger partial charge on any atom is -0.349 e.